The van der Waals surface area contributed by atoms with Crippen molar-refractivity contribution in [2.75, 3.05) is 13.1 Å². The van der Waals surface area contributed by atoms with Crippen molar-refractivity contribution in [3.63, 3.8) is 0 Å². The molecule has 112 valence electrons. The number of amides is 1. The van der Waals surface area contributed by atoms with Gasteiger partial charge in [0.15, 0.2) is 0 Å². The minimum Gasteiger partial charge on any atom is -0.480 e. The maximum atomic E-state index is 11.8. The van der Waals surface area contributed by atoms with Gasteiger partial charge in [0, 0.05) is 6.08 Å². The molecule has 0 aliphatic carbocycles. The van der Waals surface area contributed by atoms with Crippen molar-refractivity contribution in [3.05, 3.63) is 39.9 Å². The number of aliphatic carboxylic acids is 2. The number of carboxylic acids is 2. The summed E-state index contributed by atoms with van der Waals surface area (Å²) in [5, 5.41) is 17.9. The SMILES string of the molecule is O=C(O)CN(CC(=O)O)C(=O)C=Cc1cccc(Cl)c1Cl. The molecule has 6 nitrogen and oxygen atoms in total. The van der Waals surface area contributed by atoms with E-state index in [1.54, 1.807) is 18.2 Å². The summed E-state index contributed by atoms with van der Waals surface area (Å²) in [7, 11) is 0. The van der Waals surface area contributed by atoms with Gasteiger partial charge in [-0.1, -0.05) is 35.3 Å². The monoisotopic (exact) mass is 331 g/mol. The van der Waals surface area contributed by atoms with E-state index in [4.69, 9.17) is 33.4 Å². The van der Waals surface area contributed by atoms with E-state index in [1.165, 1.54) is 6.08 Å². The van der Waals surface area contributed by atoms with E-state index in [0.717, 1.165) is 6.08 Å². The lowest BCUT2D eigenvalue weighted by Crippen LogP contribution is -2.38. The van der Waals surface area contributed by atoms with E-state index >= 15 is 0 Å². The van der Waals surface area contributed by atoms with Gasteiger partial charge in [0.05, 0.1) is 10.0 Å². The first-order chi connectivity index (χ1) is 9.81. The number of carbonyl (C=O) groups excluding carboxylic acids is 1. The van der Waals surface area contributed by atoms with Gasteiger partial charge in [0.1, 0.15) is 13.1 Å². The normalized spacial score (nSPS) is 10.6. The van der Waals surface area contributed by atoms with Crippen LogP contribution in [0.1, 0.15) is 5.56 Å². The van der Waals surface area contributed by atoms with Crippen molar-refractivity contribution < 1.29 is 24.6 Å². The molecule has 0 spiro atoms. The highest BCUT2D eigenvalue weighted by atomic mass is 35.5. The summed E-state index contributed by atoms with van der Waals surface area (Å²) in [6.45, 7) is -1.42. The molecule has 1 aromatic carbocycles. The van der Waals surface area contributed by atoms with Crippen molar-refractivity contribution in [2.24, 2.45) is 0 Å². The predicted molar refractivity (Wildman–Crippen MR) is 77.3 cm³/mol. The van der Waals surface area contributed by atoms with E-state index in [2.05, 4.69) is 0 Å². The molecular weight excluding hydrogens is 321 g/mol. The van der Waals surface area contributed by atoms with Crippen LogP contribution >= 0.6 is 23.2 Å². The van der Waals surface area contributed by atoms with Crippen molar-refractivity contribution in [3.8, 4) is 0 Å². The summed E-state index contributed by atoms with van der Waals surface area (Å²) >= 11 is 11.7. The fourth-order valence-electron chi connectivity index (χ4n) is 1.45. The summed E-state index contributed by atoms with van der Waals surface area (Å²) in [4.78, 5) is 33.7. The Labute approximate surface area is 130 Å². The zero-order valence-corrected chi connectivity index (χ0v) is 12.1. The number of benzene rings is 1. The summed E-state index contributed by atoms with van der Waals surface area (Å²) in [5.41, 5.74) is 0.461. The number of carboxylic acid groups (broad SMARTS) is 2. The second-order valence-corrected chi connectivity index (χ2v) is 4.74. The largest absolute Gasteiger partial charge is 0.480 e. The second-order valence-electron chi connectivity index (χ2n) is 3.96. The van der Waals surface area contributed by atoms with E-state index in [0.29, 0.717) is 15.5 Å². The Morgan fingerprint density at radius 1 is 1.10 bits per heavy atom. The van der Waals surface area contributed by atoms with Crippen LogP contribution in [0.5, 0.6) is 0 Å². The molecule has 0 atom stereocenters. The molecular formula is C13H11Cl2NO5. The maximum absolute atomic E-state index is 11.8. The molecule has 8 heteroatoms. The molecule has 0 radical (unpaired) electrons. The predicted octanol–water partition coefficient (Wildman–Crippen LogP) is 2.00. The molecule has 0 aliphatic rings. The number of rotatable bonds is 6. The lowest BCUT2D eigenvalue weighted by atomic mass is 10.2. The third-order valence-electron chi connectivity index (χ3n) is 2.35. The molecule has 0 bridgehead atoms. The number of carbonyl (C=O) groups is 3. The van der Waals surface area contributed by atoms with Gasteiger partial charge in [0.2, 0.25) is 5.91 Å². The van der Waals surface area contributed by atoms with Crippen LogP contribution < -0.4 is 0 Å². The fraction of sp³-hybridized carbons (Fsp3) is 0.154. The Kier molecular flexibility index (Phi) is 6.20. The molecule has 0 unspecified atom stereocenters. The summed E-state index contributed by atoms with van der Waals surface area (Å²) < 4.78 is 0. The minimum atomic E-state index is -1.31. The molecule has 1 rings (SSSR count). The van der Waals surface area contributed by atoms with E-state index < -0.39 is 30.9 Å². The lowest BCUT2D eigenvalue weighted by Gasteiger charge is -2.16. The molecule has 0 saturated heterocycles. The summed E-state index contributed by atoms with van der Waals surface area (Å²) in [5.74, 6) is -3.37. The number of halogens is 2. The molecule has 0 fully saturated rings. The third kappa shape index (κ3) is 5.45. The Morgan fingerprint density at radius 2 is 1.67 bits per heavy atom. The Hall–Kier alpha value is -2.05. The van der Waals surface area contributed by atoms with Crippen LogP contribution in [0.25, 0.3) is 6.08 Å². The maximum Gasteiger partial charge on any atom is 0.323 e. The average Bonchev–Trinajstić information content (AvgIpc) is 2.38. The topological polar surface area (TPSA) is 94.9 Å². The van der Waals surface area contributed by atoms with Crippen LogP contribution in [0.4, 0.5) is 0 Å². The fourth-order valence-corrected chi connectivity index (χ4v) is 1.82. The van der Waals surface area contributed by atoms with E-state index in [1.807, 2.05) is 0 Å². The van der Waals surface area contributed by atoms with Crippen molar-refractivity contribution in [1.29, 1.82) is 0 Å². The van der Waals surface area contributed by atoms with Gasteiger partial charge in [-0.05, 0) is 17.7 Å². The van der Waals surface area contributed by atoms with Crippen molar-refractivity contribution in [1.82, 2.24) is 4.90 Å². The second kappa shape index (κ2) is 7.66. The minimum absolute atomic E-state index is 0.242. The molecule has 0 aliphatic heterocycles. The van der Waals surface area contributed by atoms with Gasteiger partial charge < -0.3 is 15.1 Å². The first kappa shape index (κ1) is 17.0. The Morgan fingerprint density at radius 3 is 2.19 bits per heavy atom. The quantitative estimate of drug-likeness (QED) is 0.777. The van der Waals surface area contributed by atoms with Gasteiger partial charge in [0.25, 0.3) is 0 Å². The third-order valence-corrected chi connectivity index (χ3v) is 3.18. The molecule has 21 heavy (non-hydrogen) atoms. The van der Waals surface area contributed by atoms with Crippen LogP contribution in [0.2, 0.25) is 10.0 Å². The molecule has 1 aromatic rings. The molecule has 1 amide bonds. The van der Waals surface area contributed by atoms with Crippen LogP contribution in [-0.4, -0.2) is 46.0 Å². The van der Waals surface area contributed by atoms with Gasteiger partial charge in [-0.3, -0.25) is 14.4 Å². The summed E-state index contributed by atoms with van der Waals surface area (Å²) in [6, 6.07) is 4.81. The lowest BCUT2D eigenvalue weighted by molar-refractivity contribution is -0.147. The highest BCUT2D eigenvalue weighted by Crippen LogP contribution is 2.26. The van der Waals surface area contributed by atoms with E-state index in [9.17, 15) is 14.4 Å². The van der Waals surface area contributed by atoms with Crippen LogP contribution in [-0.2, 0) is 14.4 Å². The number of hydrogen-bond donors (Lipinski definition) is 2. The first-order valence-electron chi connectivity index (χ1n) is 5.66. The van der Waals surface area contributed by atoms with Crippen molar-refractivity contribution >= 4 is 47.1 Å². The number of nitrogens with zero attached hydrogens (tertiary/aromatic N) is 1. The molecule has 0 saturated carbocycles. The highest BCUT2D eigenvalue weighted by molar-refractivity contribution is 6.42. The Balaban J connectivity index is 2.89. The summed E-state index contributed by atoms with van der Waals surface area (Å²) in [6.07, 6.45) is 2.39. The molecule has 0 heterocycles. The first-order valence-corrected chi connectivity index (χ1v) is 6.41. The van der Waals surface area contributed by atoms with E-state index in [-0.39, 0.29) is 5.02 Å². The standard InChI is InChI=1S/C13H11Cl2NO5/c14-9-3-1-2-8(13(9)15)4-5-10(17)16(6-11(18)19)7-12(20)21/h1-5H,6-7H2,(H,18,19)(H,20,21). The molecule has 2 N–H and O–H groups in total. The zero-order valence-electron chi connectivity index (χ0n) is 10.6. The van der Waals surface area contributed by atoms with Gasteiger partial charge in [-0.15, -0.1) is 0 Å². The Bertz CT molecular complexity index is 584. The van der Waals surface area contributed by atoms with Crippen LogP contribution in [0, 0.1) is 0 Å². The molecule has 0 aromatic heterocycles. The zero-order chi connectivity index (χ0) is 16.0. The van der Waals surface area contributed by atoms with Gasteiger partial charge in [-0.25, -0.2) is 0 Å². The van der Waals surface area contributed by atoms with Gasteiger partial charge in [-0.2, -0.15) is 0 Å². The van der Waals surface area contributed by atoms with Crippen molar-refractivity contribution in [2.45, 2.75) is 0 Å². The van der Waals surface area contributed by atoms with Crippen LogP contribution in [0.3, 0.4) is 0 Å². The van der Waals surface area contributed by atoms with Gasteiger partial charge >= 0.3 is 11.9 Å². The smallest absolute Gasteiger partial charge is 0.323 e. The highest BCUT2D eigenvalue weighted by Gasteiger charge is 2.17. The number of hydrogen-bond acceptors (Lipinski definition) is 3. The average molecular weight is 332 g/mol. The van der Waals surface area contributed by atoms with Crippen LogP contribution in [0.15, 0.2) is 24.3 Å².